The average Bonchev–Trinajstić information content (AvgIpc) is 3.39. The maximum absolute atomic E-state index is 13.4. The molecule has 0 aliphatic carbocycles. The number of imidazole rings is 1. The molecule has 1 saturated heterocycles. The first kappa shape index (κ1) is 29.4. The van der Waals surface area contributed by atoms with E-state index in [1.807, 2.05) is 65.6 Å². The van der Waals surface area contributed by atoms with E-state index in [0.717, 1.165) is 52.9 Å². The fraction of sp³-hybridized carbons (Fsp3) is 0.353. The normalized spacial score (nSPS) is 17.0. The lowest BCUT2D eigenvalue weighted by Crippen LogP contribution is -2.42. The molecule has 6 rings (SSSR count). The van der Waals surface area contributed by atoms with Gasteiger partial charge in [0.25, 0.3) is 5.91 Å². The predicted octanol–water partition coefficient (Wildman–Crippen LogP) is 3.84. The second-order valence-corrected chi connectivity index (χ2v) is 11.7. The highest BCUT2D eigenvalue weighted by Gasteiger charge is 2.29. The van der Waals surface area contributed by atoms with Gasteiger partial charge in [0, 0.05) is 51.5 Å². The fourth-order valence-electron chi connectivity index (χ4n) is 6.22. The number of rotatable bonds is 9. The van der Waals surface area contributed by atoms with Crippen molar-refractivity contribution < 1.29 is 19.1 Å². The second kappa shape index (κ2) is 12.9. The lowest BCUT2D eigenvalue weighted by Gasteiger charge is -2.33. The Hall–Kier alpha value is -4.70. The zero-order valence-corrected chi connectivity index (χ0v) is 24.9. The topological polar surface area (TPSA) is 132 Å². The maximum Gasteiger partial charge on any atom is 0.262 e. The van der Waals surface area contributed by atoms with Crippen LogP contribution in [0.15, 0.2) is 66.7 Å². The van der Waals surface area contributed by atoms with Gasteiger partial charge in [0.05, 0.1) is 16.7 Å². The van der Waals surface area contributed by atoms with E-state index in [9.17, 15) is 14.4 Å². The minimum absolute atomic E-state index is 0.0337. The first-order chi connectivity index (χ1) is 21.3. The zero-order valence-electron chi connectivity index (χ0n) is 24.9. The molecule has 0 unspecified atom stereocenters. The predicted molar refractivity (Wildman–Crippen MR) is 169 cm³/mol. The Labute approximate surface area is 256 Å². The van der Waals surface area contributed by atoms with Crippen LogP contribution >= 0.6 is 0 Å². The minimum atomic E-state index is -0.299. The van der Waals surface area contributed by atoms with Gasteiger partial charge in [-0.25, -0.2) is 4.98 Å². The first-order valence-electron chi connectivity index (χ1n) is 15.2. The van der Waals surface area contributed by atoms with Crippen molar-refractivity contribution in [2.75, 3.05) is 31.6 Å². The third-order valence-electron chi connectivity index (χ3n) is 8.37. The number of fused-ring (bicyclic) bond motifs is 2. The van der Waals surface area contributed by atoms with Crippen molar-refractivity contribution in [2.24, 2.45) is 5.73 Å². The Morgan fingerprint density at radius 2 is 1.91 bits per heavy atom. The van der Waals surface area contributed by atoms with Crippen LogP contribution < -0.4 is 21.1 Å². The monoisotopic (exact) mass is 594 g/mol. The van der Waals surface area contributed by atoms with Crippen LogP contribution in [-0.2, 0) is 27.3 Å². The van der Waals surface area contributed by atoms with Crippen molar-refractivity contribution in [1.29, 1.82) is 0 Å². The molecule has 1 aromatic heterocycles. The highest BCUT2D eigenvalue weighted by molar-refractivity contribution is 5.96. The first-order valence-corrected chi connectivity index (χ1v) is 15.2. The number of hydrogen-bond donors (Lipinski definition) is 3. The van der Waals surface area contributed by atoms with Crippen LogP contribution in [0.4, 0.5) is 5.69 Å². The largest absolute Gasteiger partial charge is 0.482 e. The number of nitrogens with zero attached hydrogens (tertiary/aromatic N) is 3. The molecule has 4 N–H and O–H groups in total. The number of benzene rings is 3. The molecule has 228 valence electrons. The van der Waals surface area contributed by atoms with E-state index in [1.54, 1.807) is 0 Å². The molecule has 44 heavy (non-hydrogen) atoms. The third kappa shape index (κ3) is 6.60. The van der Waals surface area contributed by atoms with Gasteiger partial charge in [-0.3, -0.25) is 14.4 Å². The van der Waals surface area contributed by atoms with Crippen molar-refractivity contribution in [3.05, 3.63) is 78.1 Å². The molecule has 3 amide bonds. The van der Waals surface area contributed by atoms with E-state index >= 15 is 0 Å². The molecule has 2 aliphatic heterocycles. The molecular formula is C34H38N6O4. The van der Waals surface area contributed by atoms with Gasteiger partial charge >= 0.3 is 0 Å². The van der Waals surface area contributed by atoms with Crippen LogP contribution in [0.3, 0.4) is 0 Å². The average molecular weight is 595 g/mol. The Balaban J connectivity index is 1.07. The highest BCUT2D eigenvalue weighted by Crippen LogP contribution is 2.33. The summed E-state index contributed by atoms with van der Waals surface area (Å²) in [6, 6.07) is 21.6. The Bertz CT molecular complexity index is 1680. The van der Waals surface area contributed by atoms with Crippen molar-refractivity contribution in [3.8, 4) is 16.9 Å². The standard InChI is InChI=1S/C34H38N6O4/c1-22(41)36-14-16-40-30-7-3-2-6-28(30)38-34(40)26-5-4-15-39(20-26)33(43)19-27(35)17-23-8-10-24(11-9-23)25-12-13-31-29(18-25)37-32(42)21-44-31/h2-3,6-13,18,26-27H,4-5,14-17,19-21,35H2,1H3,(H,36,41)(H,37,42)/t26-,27-/m1/s1. The SMILES string of the molecule is CC(=O)NCCn1c([C@@H]2CCCN(C(=O)C[C@H](N)Cc3ccc(-c4ccc5c(c4)NC(=O)CO5)cc3)C2)nc2ccccc21. The van der Waals surface area contributed by atoms with E-state index in [1.165, 1.54) is 6.92 Å². The minimum Gasteiger partial charge on any atom is -0.482 e. The number of para-hydroxylation sites is 2. The van der Waals surface area contributed by atoms with Gasteiger partial charge in [-0.05, 0) is 60.2 Å². The van der Waals surface area contributed by atoms with Gasteiger partial charge in [0.1, 0.15) is 11.6 Å². The molecule has 0 spiro atoms. The number of nitrogens with one attached hydrogen (secondary N) is 2. The van der Waals surface area contributed by atoms with E-state index in [0.29, 0.717) is 37.5 Å². The van der Waals surface area contributed by atoms with E-state index in [4.69, 9.17) is 15.5 Å². The number of ether oxygens (including phenoxy) is 1. The molecule has 3 aromatic carbocycles. The number of hydrogen-bond acceptors (Lipinski definition) is 6. The van der Waals surface area contributed by atoms with Crippen molar-refractivity contribution in [3.63, 3.8) is 0 Å². The number of likely N-dealkylation sites (tertiary alicyclic amines) is 1. The van der Waals surface area contributed by atoms with Crippen LogP contribution in [0, 0.1) is 0 Å². The molecule has 10 heteroatoms. The Morgan fingerprint density at radius 1 is 1.11 bits per heavy atom. The lowest BCUT2D eigenvalue weighted by molar-refractivity contribution is -0.132. The summed E-state index contributed by atoms with van der Waals surface area (Å²) in [5.41, 5.74) is 12.2. The summed E-state index contributed by atoms with van der Waals surface area (Å²) in [7, 11) is 0. The van der Waals surface area contributed by atoms with Crippen LogP contribution in [0.2, 0.25) is 0 Å². The van der Waals surface area contributed by atoms with Crippen LogP contribution in [-0.4, -0.2) is 64.5 Å². The molecule has 4 aromatic rings. The van der Waals surface area contributed by atoms with Gasteiger partial charge in [-0.1, -0.05) is 42.5 Å². The lowest BCUT2D eigenvalue weighted by atomic mass is 9.95. The van der Waals surface area contributed by atoms with Crippen LogP contribution in [0.5, 0.6) is 5.75 Å². The fourth-order valence-corrected chi connectivity index (χ4v) is 6.22. The summed E-state index contributed by atoms with van der Waals surface area (Å²) in [6.07, 6.45) is 2.73. The van der Waals surface area contributed by atoms with Gasteiger partial charge < -0.3 is 30.6 Å². The summed E-state index contributed by atoms with van der Waals surface area (Å²) >= 11 is 0. The summed E-state index contributed by atoms with van der Waals surface area (Å²) in [5.74, 6) is 1.60. The summed E-state index contributed by atoms with van der Waals surface area (Å²) in [4.78, 5) is 43.4. The van der Waals surface area contributed by atoms with Crippen molar-refractivity contribution >= 4 is 34.4 Å². The van der Waals surface area contributed by atoms with Gasteiger partial charge in [-0.15, -0.1) is 0 Å². The molecule has 3 heterocycles. The quantitative estimate of drug-likeness (QED) is 0.270. The number of anilines is 1. The number of piperidine rings is 1. The summed E-state index contributed by atoms with van der Waals surface area (Å²) in [6.45, 7) is 4.03. The number of aromatic nitrogens is 2. The van der Waals surface area contributed by atoms with Crippen molar-refractivity contribution in [1.82, 2.24) is 19.8 Å². The number of carbonyl (C=O) groups excluding carboxylic acids is 3. The third-order valence-corrected chi connectivity index (χ3v) is 8.37. The van der Waals surface area contributed by atoms with E-state index < -0.39 is 0 Å². The van der Waals surface area contributed by atoms with Gasteiger partial charge in [0.2, 0.25) is 11.8 Å². The van der Waals surface area contributed by atoms with E-state index in [2.05, 4.69) is 21.3 Å². The molecule has 2 aliphatic rings. The zero-order chi connectivity index (χ0) is 30.6. The van der Waals surface area contributed by atoms with Crippen LogP contribution in [0.1, 0.15) is 43.5 Å². The van der Waals surface area contributed by atoms with Crippen molar-refractivity contribution in [2.45, 2.75) is 51.1 Å². The highest BCUT2D eigenvalue weighted by atomic mass is 16.5. The summed E-state index contributed by atoms with van der Waals surface area (Å²) in [5, 5.41) is 5.74. The molecule has 0 bridgehead atoms. The molecule has 1 fully saturated rings. The molecule has 10 nitrogen and oxygen atoms in total. The number of carbonyl (C=O) groups is 3. The molecule has 2 atom stereocenters. The second-order valence-electron chi connectivity index (χ2n) is 11.7. The van der Waals surface area contributed by atoms with Crippen LogP contribution in [0.25, 0.3) is 22.2 Å². The molecular weight excluding hydrogens is 556 g/mol. The number of nitrogens with two attached hydrogens (primary N) is 1. The maximum atomic E-state index is 13.4. The molecule has 0 saturated carbocycles. The van der Waals surface area contributed by atoms with E-state index in [-0.39, 0.29) is 42.7 Å². The van der Waals surface area contributed by atoms with Gasteiger partial charge in [0.15, 0.2) is 6.61 Å². The Kier molecular flexibility index (Phi) is 8.60. The Morgan fingerprint density at radius 3 is 2.73 bits per heavy atom. The summed E-state index contributed by atoms with van der Waals surface area (Å²) < 4.78 is 7.65. The molecule has 0 radical (unpaired) electrons. The smallest absolute Gasteiger partial charge is 0.262 e. The number of amides is 3. The van der Waals surface area contributed by atoms with Gasteiger partial charge in [-0.2, -0.15) is 0 Å².